The van der Waals surface area contributed by atoms with E-state index < -0.39 is 16.1 Å². The Bertz CT molecular complexity index is 207. The largest absolute Gasteiger partial charge is 0.451 e. The quantitative estimate of drug-likeness (QED) is 0.564. The zero-order chi connectivity index (χ0) is 8.20. The van der Waals surface area contributed by atoms with Crippen molar-refractivity contribution in [2.45, 2.75) is 6.92 Å². The van der Waals surface area contributed by atoms with Crippen molar-refractivity contribution in [3.8, 4) is 0 Å². The molecule has 0 aliphatic carbocycles. The van der Waals surface area contributed by atoms with Gasteiger partial charge in [0.25, 0.3) is 10.0 Å². The Morgan fingerprint density at radius 2 is 2.10 bits per heavy atom. The summed E-state index contributed by atoms with van der Waals surface area (Å²) in [6.07, 6.45) is -1.08. The van der Waals surface area contributed by atoms with Crippen LogP contribution in [-0.2, 0) is 14.8 Å². The second-order valence-electron chi connectivity index (χ2n) is 1.43. The number of amides is 1. The van der Waals surface area contributed by atoms with E-state index in [0.717, 1.165) is 7.11 Å². The summed E-state index contributed by atoms with van der Waals surface area (Å²) in [5.41, 5.74) is 0. The first-order valence-corrected chi connectivity index (χ1v) is 4.16. The lowest BCUT2D eigenvalue weighted by Crippen LogP contribution is -2.24. The number of nitrogens with zero attached hydrogens (tertiary/aromatic N) is 1. The van der Waals surface area contributed by atoms with Crippen LogP contribution in [0, 0.1) is 0 Å². The number of hydrogen-bond donors (Lipinski definition) is 0. The maximum absolute atomic E-state index is 10.5. The fourth-order valence-corrected chi connectivity index (χ4v) is 0.646. The number of carbonyl (C=O) groups excluding carboxylic acids is 1. The second-order valence-corrected chi connectivity index (χ2v) is 3.36. The number of hydrogen-bond acceptors (Lipinski definition) is 4. The van der Waals surface area contributed by atoms with Gasteiger partial charge >= 0.3 is 6.09 Å². The van der Waals surface area contributed by atoms with Gasteiger partial charge in [0.1, 0.15) is 0 Å². The zero-order valence-corrected chi connectivity index (χ0v) is 6.51. The van der Waals surface area contributed by atoms with Crippen molar-refractivity contribution >= 4 is 16.1 Å². The van der Waals surface area contributed by atoms with Gasteiger partial charge in [0.15, 0.2) is 0 Å². The molecule has 0 saturated heterocycles. The van der Waals surface area contributed by atoms with E-state index in [0.29, 0.717) is 0 Å². The summed E-state index contributed by atoms with van der Waals surface area (Å²) in [6.45, 7) is 1.39. The molecule has 0 rings (SSSR count). The van der Waals surface area contributed by atoms with Crippen molar-refractivity contribution in [1.82, 2.24) is 4.72 Å². The van der Waals surface area contributed by atoms with E-state index in [9.17, 15) is 13.2 Å². The molecule has 0 atom stereocenters. The van der Waals surface area contributed by atoms with Gasteiger partial charge in [0.2, 0.25) is 0 Å². The van der Waals surface area contributed by atoms with Crippen LogP contribution in [0.3, 0.4) is 0 Å². The predicted octanol–water partition coefficient (Wildman–Crippen LogP) is -0.293. The highest BCUT2D eigenvalue weighted by Crippen LogP contribution is 1.86. The van der Waals surface area contributed by atoms with Crippen molar-refractivity contribution in [2.75, 3.05) is 12.9 Å². The third kappa shape index (κ3) is 3.29. The Balaban J connectivity index is 4.03. The molecule has 0 saturated carbocycles. The molecular formula is C4H8NO4S. The molecule has 6 heteroatoms. The van der Waals surface area contributed by atoms with Crippen LogP contribution in [-0.4, -0.2) is 27.4 Å². The molecule has 0 aromatic heterocycles. The molecule has 0 aromatic carbocycles. The highest BCUT2D eigenvalue weighted by atomic mass is 32.2. The van der Waals surface area contributed by atoms with Crippen LogP contribution in [0.2, 0.25) is 0 Å². The summed E-state index contributed by atoms with van der Waals surface area (Å²) >= 11 is 0. The zero-order valence-electron chi connectivity index (χ0n) is 5.70. The topological polar surface area (TPSA) is 74.5 Å². The minimum absolute atomic E-state index is 0.192. The van der Waals surface area contributed by atoms with E-state index >= 15 is 0 Å². The van der Waals surface area contributed by atoms with Gasteiger partial charge < -0.3 is 4.74 Å². The van der Waals surface area contributed by atoms with Crippen LogP contribution in [0.5, 0.6) is 0 Å². The van der Waals surface area contributed by atoms with Gasteiger partial charge in [-0.1, -0.05) is 4.72 Å². The van der Waals surface area contributed by atoms with Crippen LogP contribution in [0.15, 0.2) is 0 Å². The lowest BCUT2D eigenvalue weighted by molar-refractivity contribution is 0.177. The van der Waals surface area contributed by atoms with E-state index in [4.69, 9.17) is 0 Å². The minimum Gasteiger partial charge on any atom is -0.451 e. The monoisotopic (exact) mass is 166 g/mol. The normalized spacial score (nSPS) is 10.6. The van der Waals surface area contributed by atoms with Crippen LogP contribution < -0.4 is 4.72 Å². The van der Waals surface area contributed by atoms with E-state index in [1.807, 2.05) is 0 Å². The van der Waals surface area contributed by atoms with Gasteiger partial charge in [-0.3, -0.25) is 0 Å². The molecule has 0 aliphatic rings. The minimum atomic E-state index is -3.58. The summed E-state index contributed by atoms with van der Waals surface area (Å²) in [4.78, 5) is 10.2. The summed E-state index contributed by atoms with van der Waals surface area (Å²) in [6, 6.07) is 0. The van der Waals surface area contributed by atoms with E-state index in [2.05, 4.69) is 9.46 Å². The van der Waals surface area contributed by atoms with Crippen LogP contribution in [0.1, 0.15) is 6.92 Å². The van der Waals surface area contributed by atoms with Crippen molar-refractivity contribution in [3.05, 3.63) is 0 Å². The summed E-state index contributed by atoms with van der Waals surface area (Å²) in [5.74, 6) is -0.192. The Labute approximate surface area is 59.4 Å². The fourth-order valence-electron chi connectivity index (χ4n) is 0.215. The van der Waals surface area contributed by atoms with Gasteiger partial charge in [-0.05, 0) is 6.92 Å². The summed E-state index contributed by atoms with van der Waals surface area (Å²) < 4.78 is 27.8. The number of sulfonamides is 1. The summed E-state index contributed by atoms with van der Waals surface area (Å²) in [7, 11) is -2.51. The highest BCUT2D eigenvalue weighted by Gasteiger charge is 2.14. The average Bonchev–Trinajstić information content (AvgIpc) is 1.87. The Morgan fingerprint density at radius 1 is 1.60 bits per heavy atom. The Hall–Kier alpha value is -0.780. The van der Waals surface area contributed by atoms with E-state index in [1.54, 1.807) is 0 Å². The van der Waals surface area contributed by atoms with Gasteiger partial charge in [0, 0.05) is 0 Å². The van der Waals surface area contributed by atoms with Crippen LogP contribution >= 0.6 is 0 Å². The van der Waals surface area contributed by atoms with Crippen LogP contribution in [0.4, 0.5) is 4.79 Å². The summed E-state index contributed by atoms with van der Waals surface area (Å²) in [5, 5.41) is 0. The number of rotatable bonds is 2. The predicted molar refractivity (Wildman–Crippen MR) is 34.0 cm³/mol. The average molecular weight is 166 g/mol. The van der Waals surface area contributed by atoms with Crippen molar-refractivity contribution in [3.63, 3.8) is 0 Å². The van der Waals surface area contributed by atoms with Crippen molar-refractivity contribution in [2.24, 2.45) is 0 Å². The molecule has 59 valence electrons. The highest BCUT2D eigenvalue weighted by molar-refractivity contribution is 7.89. The maximum Gasteiger partial charge on any atom is 0.444 e. The molecule has 10 heavy (non-hydrogen) atoms. The van der Waals surface area contributed by atoms with Crippen molar-refractivity contribution in [1.29, 1.82) is 0 Å². The molecule has 0 fully saturated rings. The molecule has 0 heterocycles. The molecule has 0 spiro atoms. The molecule has 0 aromatic rings. The first-order chi connectivity index (χ1) is 4.52. The first-order valence-electron chi connectivity index (χ1n) is 2.55. The number of ether oxygens (including phenoxy) is 1. The Morgan fingerprint density at radius 3 is 2.40 bits per heavy atom. The smallest absolute Gasteiger partial charge is 0.444 e. The van der Waals surface area contributed by atoms with Gasteiger partial charge in [-0.25, -0.2) is 13.2 Å². The molecule has 5 nitrogen and oxygen atoms in total. The lowest BCUT2D eigenvalue weighted by Gasteiger charge is -1.96. The van der Waals surface area contributed by atoms with Crippen LogP contribution in [0.25, 0.3) is 0 Å². The van der Waals surface area contributed by atoms with Gasteiger partial charge in [0.05, 0.1) is 12.9 Å². The fraction of sp³-hybridized carbons (Fsp3) is 0.750. The molecule has 0 aliphatic heterocycles. The van der Waals surface area contributed by atoms with Gasteiger partial charge in [-0.15, -0.1) is 0 Å². The SMILES string of the molecule is CCS(=O)(=O)[N]C(=O)OC. The molecule has 0 N–H and O–H groups in total. The molecule has 0 unspecified atom stereocenters. The van der Waals surface area contributed by atoms with Gasteiger partial charge in [-0.2, -0.15) is 0 Å². The standard InChI is InChI=1S/C4H8NO4S/c1-3-10(7,8)5-4(6)9-2/h3H2,1-2H3. The molecule has 1 amide bonds. The molecular weight excluding hydrogens is 158 g/mol. The second kappa shape index (κ2) is 3.40. The molecule has 0 bridgehead atoms. The third-order valence-corrected chi connectivity index (χ3v) is 1.91. The Kier molecular flexibility index (Phi) is 3.14. The first kappa shape index (κ1) is 9.22. The lowest BCUT2D eigenvalue weighted by atomic mass is 11.0. The molecule has 1 radical (unpaired) electrons. The van der Waals surface area contributed by atoms with E-state index in [-0.39, 0.29) is 5.75 Å². The van der Waals surface area contributed by atoms with E-state index in [1.165, 1.54) is 6.92 Å². The third-order valence-electron chi connectivity index (χ3n) is 0.753. The maximum atomic E-state index is 10.5. The number of carbonyl (C=O) groups is 1. The number of methoxy groups -OCH3 is 1. The van der Waals surface area contributed by atoms with Crippen molar-refractivity contribution < 1.29 is 17.9 Å².